The van der Waals surface area contributed by atoms with Crippen LogP contribution < -0.4 is 5.32 Å². The highest BCUT2D eigenvalue weighted by Gasteiger charge is 2.10. The van der Waals surface area contributed by atoms with Crippen LogP contribution in [0.1, 0.15) is 18.5 Å². The molecule has 7 heteroatoms. The van der Waals surface area contributed by atoms with Gasteiger partial charge in [-0.2, -0.15) is 0 Å². The molecule has 3 rings (SSSR count). The lowest BCUT2D eigenvalue weighted by atomic mass is 10.1. The van der Waals surface area contributed by atoms with Crippen LogP contribution in [0, 0.1) is 5.82 Å². The number of aromatic nitrogens is 4. The number of nitrogens with zero attached hydrogens (tertiary/aromatic N) is 4. The monoisotopic (exact) mass is 329 g/mol. The number of benzene rings is 1. The van der Waals surface area contributed by atoms with Gasteiger partial charge in [0, 0.05) is 24.0 Å². The van der Waals surface area contributed by atoms with E-state index in [9.17, 15) is 4.39 Å². The molecule has 0 aliphatic carbocycles. The lowest BCUT2D eigenvalue weighted by Gasteiger charge is -2.15. The number of hydrogen-bond donors (Lipinski definition) is 1. The first kappa shape index (κ1) is 15.3. The van der Waals surface area contributed by atoms with Crippen molar-refractivity contribution in [3.8, 4) is 11.3 Å². The van der Waals surface area contributed by atoms with E-state index >= 15 is 0 Å². The standard InChI is InChI=1S/C16H13ClFN5/c1-10(11-2-4-13(18)5-3-11)21-16-22-14(6-15(17)23-16)12-7-19-9-20-8-12/h2-10H,1H3,(H,21,22,23)/t10-/m0/s1. The minimum Gasteiger partial charge on any atom is -0.348 e. The molecule has 5 nitrogen and oxygen atoms in total. The van der Waals surface area contributed by atoms with E-state index in [4.69, 9.17) is 11.6 Å². The zero-order valence-corrected chi connectivity index (χ0v) is 13.0. The Hall–Kier alpha value is -2.60. The molecule has 0 spiro atoms. The zero-order valence-electron chi connectivity index (χ0n) is 12.2. The van der Waals surface area contributed by atoms with Crippen molar-refractivity contribution in [3.63, 3.8) is 0 Å². The van der Waals surface area contributed by atoms with Crippen LogP contribution in [0.15, 0.2) is 49.1 Å². The average Bonchev–Trinajstić information content (AvgIpc) is 2.55. The van der Waals surface area contributed by atoms with E-state index in [0.29, 0.717) is 16.8 Å². The number of rotatable bonds is 4. The van der Waals surface area contributed by atoms with Crippen molar-refractivity contribution in [1.29, 1.82) is 0 Å². The van der Waals surface area contributed by atoms with Gasteiger partial charge >= 0.3 is 0 Å². The Kier molecular flexibility index (Phi) is 4.43. The maximum Gasteiger partial charge on any atom is 0.225 e. The van der Waals surface area contributed by atoms with Gasteiger partial charge in [0.05, 0.1) is 11.7 Å². The van der Waals surface area contributed by atoms with Gasteiger partial charge in [0.2, 0.25) is 5.95 Å². The average molecular weight is 330 g/mol. The van der Waals surface area contributed by atoms with E-state index in [0.717, 1.165) is 11.1 Å². The second-order valence-electron chi connectivity index (χ2n) is 4.94. The second-order valence-corrected chi connectivity index (χ2v) is 5.33. The third-order valence-corrected chi connectivity index (χ3v) is 3.46. The van der Waals surface area contributed by atoms with Crippen LogP contribution in [0.2, 0.25) is 5.15 Å². The summed E-state index contributed by atoms with van der Waals surface area (Å²) in [5, 5.41) is 3.47. The molecule has 23 heavy (non-hydrogen) atoms. The Morgan fingerprint density at radius 3 is 2.48 bits per heavy atom. The first-order chi connectivity index (χ1) is 11.1. The second kappa shape index (κ2) is 6.66. The Labute approximate surface area is 137 Å². The van der Waals surface area contributed by atoms with Gasteiger partial charge in [-0.25, -0.2) is 24.3 Å². The number of anilines is 1. The zero-order chi connectivity index (χ0) is 16.2. The highest BCUT2D eigenvalue weighted by Crippen LogP contribution is 2.23. The molecule has 0 bridgehead atoms. The summed E-state index contributed by atoms with van der Waals surface area (Å²) in [7, 11) is 0. The lowest BCUT2D eigenvalue weighted by molar-refractivity contribution is 0.626. The summed E-state index contributed by atoms with van der Waals surface area (Å²) in [6, 6.07) is 7.80. The minimum absolute atomic E-state index is 0.103. The molecule has 1 atom stereocenters. The molecule has 116 valence electrons. The number of nitrogens with one attached hydrogen (secondary N) is 1. The van der Waals surface area contributed by atoms with E-state index in [1.54, 1.807) is 30.6 Å². The van der Waals surface area contributed by atoms with Crippen molar-refractivity contribution in [2.75, 3.05) is 5.32 Å². The fourth-order valence-electron chi connectivity index (χ4n) is 2.09. The molecule has 1 aromatic carbocycles. The maximum atomic E-state index is 13.0. The van der Waals surface area contributed by atoms with Crippen LogP contribution >= 0.6 is 11.6 Å². The molecule has 0 saturated heterocycles. The molecule has 2 aromatic heterocycles. The summed E-state index contributed by atoms with van der Waals surface area (Å²) < 4.78 is 13.0. The Balaban J connectivity index is 1.85. The summed E-state index contributed by atoms with van der Waals surface area (Å²) in [6.45, 7) is 1.93. The van der Waals surface area contributed by atoms with Gasteiger partial charge in [0.1, 0.15) is 17.3 Å². The summed E-state index contributed by atoms with van der Waals surface area (Å²) in [6.07, 6.45) is 4.75. The summed E-state index contributed by atoms with van der Waals surface area (Å²) >= 11 is 6.07. The Morgan fingerprint density at radius 2 is 1.78 bits per heavy atom. The predicted octanol–water partition coefficient (Wildman–Crippen LogP) is 3.90. The molecule has 2 heterocycles. The normalized spacial score (nSPS) is 12.0. The summed E-state index contributed by atoms with van der Waals surface area (Å²) in [5.41, 5.74) is 2.29. The van der Waals surface area contributed by atoms with E-state index in [-0.39, 0.29) is 11.9 Å². The first-order valence-electron chi connectivity index (χ1n) is 6.94. The predicted molar refractivity (Wildman–Crippen MR) is 86.5 cm³/mol. The van der Waals surface area contributed by atoms with Crippen LogP contribution in [-0.4, -0.2) is 19.9 Å². The van der Waals surface area contributed by atoms with E-state index in [1.165, 1.54) is 18.5 Å². The fourth-order valence-corrected chi connectivity index (χ4v) is 2.27. The molecule has 0 aliphatic rings. The Bertz CT molecular complexity index is 795. The van der Waals surface area contributed by atoms with Crippen molar-refractivity contribution in [3.05, 3.63) is 65.6 Å². The van der Waals surface area contributed by atoms with Gasteiger partial charge in [-0.05, 0) is 24.6 Å². The van der Waals surface area contributed by atoms with Crippen LogP contribution in [-0.2, 0) is 0 Å². The fraction of sp³-hybridized carbons (Fsp3) is 0.125. The van der Waals surface area contributed by atoms with E-state index < -0.39 is 0 Å². The largest absolute Gasteiger partial charge is 0.348 e. The van der Waals surface area contributed by atoms with Crippen LogP contribution in [0.25, 0.3) is 11.3 Å². The topological polar surface area (TPSA) is 63.6 Å². The van der Waals surface area contributed by atoms with Crippen molar-refractivity contribution < 1.29 is 4.39 Å². The molecule has 3 aromatic rings. The maximum absolute atomic E-state index is 13.0. The lowest BCUT2D eigenvalue weighted by Crippen LogP contribution is -2.10. The number of hydrogen-bond acceptors (Lipinski definition) is 5. The summed E-state index contributed by atoms with van der Waals surface area (Å²) in [4.78, 5) is 16.5. The van der Waals surface area contributed by atoms with Crippen LogP contribution in [0.5, 0.6) is 0 Å². The number of halogens is 2. The molecule has 0 radical (unpaired) electrons. The molecule has 0 aliphatic heterocycles. The van der Waals surface area contributed by atoms with Crippen molar-refractivity contribution >= 4 is 17.5 Å². The molecule has 0 unspecified atom stereocenters. The highest BCUT2D eigenvalue weighted by atomic mass is 35.5. The third-order valence-electron chi connectivity index (χ3n) is 3.27. The van der Waals surface area contributed by atoms with Crippen molar-refractivity contribution in [2.24, 2.45) is 0 Å². The SMILES string of the molecule is C[C@H](Nc1nc(Cl)cc(-c2cncnc2)n1)c1ccc(F)cc1. The minimum atomic E-state index is -0.272. The van der Waals surface area contributed by atoms with Gasteiger partial charge < -0.3 is 5.32 Å². The smallest absolute Gasteiger partial charge is 0.225 e. The van der Waals surface area contributed by atoms with Crippen LogP contribution in [0.4, 0.5) is 10.3 Å². The highest BCUT2D eigenvalue weighted by molar-refractivity contribution is 6.29. The molecular weight excluding hydrogens is 317 g/mol. The van der Waals surface area contributed by atoms with E-state index in [2.05, 4.69) is 25.3 Å². The van der Waals surface area contributed by atoms with Crippen molar-refractivity contribution in [2.45, 2.75) is 13.0 Å². The molecule has 0 saturated carbocycles. The Morgan fingerprint density at radius 1 is 1.09 bits per heavy atom. The van der Waals surface area contributed by atoms with Gasteiger partial charge in [0.15, 0.2) is 0 Å². The molecular formula is C16H13ClFN5. The van der Waals surface area contributed by atoms with Gasteiger partial charge in [-0.1, -0.05) is 23.7 Å². The van der Waals surface area contributed by atoms with E-state index in [1.807, 2.05) is 6.92 Å². The van der Waals surface area contributed by atoms with Gasteiger partial charge in [0.25, 0.3) is 0 Å². The van der Waals surface area contributed by atoms with Gasteiger partial charge in [-0.3, -0.25) is 0 Å². The first-order valence-corrected chi connectivity index (χ1v) is 7.31. The van der Waals surface area contributed by atoms with Crippen LogP contribution in [0.3, 0.4) is 0 Å². The third kappa shape index (κ3) is 3.78. The summed E-state index contributed by atoms with van der Waals surface area (Å²) in [5.74, 6) is 0.111. The van der Waals surface area contributed by atoms with Crippen molar-refractivity contribution in [1.82, 2.24) is 19.9 Å². The van der Waals surface area contributed by atoms with Gasteiger partial charge in [-0.15, -0.1) is 0 Å². The molecule has 1 N–H and O–H groups in total. The molecule has 0 amide bonds. The molecule has 0 fully saturated rings. The quantitative estimate of drug-likeness (QED) is 0.735.